The summed E-state index contributed by atoms with van der Waals surface area (Å²) in [7, 11) is -4.50. The lowest BCUT2D eigenvalue weighted by Gasteiger charge is -2.35. The Balaban J connectivity index is 2.21. The van der Waals surface area contributed by atoms with Crippen molar-refractivity contribution >= 4 is 39.8 Å². The summed E-state index contributed by atoms with van der Waals surface area (Å²) in [5.74, 6) is 0. The molecule has 136 valence electrons. The molecule has 0 atom stereocenters. The molecule has 2 aromatic rings. The molecule has 0 aliphatic heterocycles. The topological polar surface area (TPSA) is 53.2 Å². The van der Waals surface area contributed by atoms with Gasteiger partial charge in [-0.25, -0.2) is 0 Å². The fourth-order valence-corrected chi connectivity index (χ4v) is 12.2. The Morgan fingerprint density at radius 1 is 0.800 bits per heavy atom. The van der Waals surface area contributed by atoms with Crippen molar-refractivity contribution in [3.63, 3.8) is 0 Å². The largest absolute Gasteiger partial charge is 0.453 e. The van der Waals surface area contributed by atoms with Crippen molar-refractivity contribution in [2.75, 3.05) is 0 Å². The van der Waals surface area contributed by atoms with Crippen molar-refractivity contribution < 1.29 is 4.12 Å². The minimum Gasteiger partial charge on any atom is -0.453 e. The average Bonchev–Trinajstić information content (AvgIpc) is 2.46. The van der Waals surface area contributed by atoms with Gasteiger partial charge in [0.1, 0.15) is 10.3 Å². The SMILES string of the molecule is C[Si](C)(Cn1c(Cl)cccc1=O)O[Si](C)(C)Cn1c(Cl)cccc1=O. The van der Waals surface area contributed by atoms with Crippen LogP contribution < -0.4 is 11.1 Å². The van der Waals surface area contributed by atoms with E-state index in [1.807, 2.05) is 26.2 Å². The highest BCUT2D eigenvalue weighted by atomic mass is 35.5. The van der Waals surface area contributed by atoms with E-state index in [0.29, 0.717) is 22.6 Å². The summed E-state index contributed by atoms with van der Waals surface area (Å²) in [4.78, 5) is 24.1. The Morgan fingerprint density at radius 3 is 1.48 bits per heavy atom. The third-order valence-electron chi connectivity index (χ3n) is 3.62. The van der Waals surface area contributed by atoms with E-state index in [4.69, 9.17) is 27.3 Å². The molecular formula is C16H22Cl2N2O3Si2. The molecular weight excluding hydrogens is 395 g/mol. The van der Waals surface area contributed by atoms with Crippen molar-refractivity contribution in [3.8, 4) is 0 Å². The van der Waals surface area contributed by atoms with E-state index < -0.39 is 16.6 Å². The average molecular weight is 417 g/mol. The highest BCUT2D eigenvalue weighted by Crippen LogP contribution is 2.20. The van der Waals surface area contributed by atoms with Crippen LogP contribution in [0.1, 0.15) is 0 Å². The van der Waals surface area contributed by atoms with Gasteiger partial charge in [-0.1, -0.05) is 35.3 Å². The number of pyridine rings is 2. The molecule has 0 aliphatic rings. The van der Waals surface area contributed by atoms with Crippen LogP contribution in [0.3, 0.4) is 0 Å². The minimum absolute atomic E-state index is 0.140. The lowest BCUT2D eigenvalue weighted by Crippen LogP contribution is -2.51. The minimum atomic E-state index is -2.25. The first-order chi connectivity index (χ1) is 11.5. The summed E-state index contributed by atoms with van der Waals surface area (Å²) < 4.78 is 9.58. The van der Waals surface area contributed by atoms with Crippen molar-refractivity contribution in [2.45, 2.75) is 38.5 Å². The molecule has 5 nitrogen and oxygen atoms in total. The summed E-state index contributed by atoms with van der Waals surface area (Å²) in [6.45, 7) is 8.19. The van der Waals surface area contributed by atoms with Crippen LogP contribution in [0.5, 0.6) is 0 Å². The zero-order chi connectivity index (χ0) is 18.8. The number of aromatic nitrogens is 2. The van der Waals surface area contributed by atoms with Gasteiger partial charge in [-0.3, -0.25) is 18.7 Å². The Bertz CT molecular complexity index is 807. The fraction of sp³-hybridized carbons (Fsp3) is 0.375. The predicted octanol–water partition coefficient (Wildman–Crippen LogP) is 3.52. The molecule has 0 spiro atoms. The first-order valence-electron chi connectivity index (χ1n) is 7.92. The Labute approximate surface area is 159 Å². The van der Waals surface area contributed by atoms with Crippen LogP contribution in [0.2, 0.25) is 36.5 Å². The fourth-order valence-electron chi connectivity index (χ4n) is 2.87. The monoisotopic (exact) mass is 416 g/mol. The number of hydrogen-bond acceptors (Lipinski definition) is 3. The summed E-state index contributed by atoms with van der Waals surface area (Å²) in [5, 5.41) is 0.803. The van der Waals surface area contributed by atoms with Crippen LogP contribution in [-0.4, -0.2) is 25.8 Å². The smallest absolute Gasteiger partial charge is 0.251 e. The van der Waals surface area contributed by atoms with Crippen LogP contribution in [-0.2, 0) is 16.5 Å². The lowest BCUT2D eigenvalue weighted by atomic mass is 10.5. The normalized spacial score (nSPS) is 12.4. The van der Waals surface area contributed by atoms with Gasteiger partial charge in [0.25, 0.3) is 11.1 Å². The van der Waals surface area contributed by atoms with Gasteiger partial charge in [0.15, 0.2) is 16.6 Å². The quantitative estimate of drug-likeness (QED) is 0.534. The van der Waals surface area contributed by atoms with Gasteiger partial charge in [0.05, 0.1) is 0 Å². The van der Waals surface area contributed by atoms with E-state index in [9.17, 15) is 9.59 Å². The maximum absolute atomic E-state index is 12.1. The Kier molecular flexibility index (Phi) is 6.16. The van der Waals surface area contributed by atoms with E-state index in [2.05, 4.69) is 0 Å². The van der Waals surface area contributed by atoms with E-state index in [-0.39, 0.29) is 11.1 Å². The molecule has 2 heterocycles. The second-order valence-corrected chi connectivity index (χ2v) is 16.4. The van der Waals surface area contributed by atoms with E-state index in [1.165, 1.54) is 12.1 Å². The van der Waals surface area contributed by atoms with Crippen molar-refractivity contribution in [3.05, 3.63) is 67.4 Å². The first-order valence-corrected chi connectivity index (χ1v) is 14.9. The molecule has 25 heavy (non-hydrogen) atoms. The van der Waals surface area contributed by atoms with Crippen LogP contribution in [0.4, 0.5) is 0 Å². The standard InChI is InChI=1S/C16H22Cl2N2O3Si2/c1-24(2,11-19-13(17)7-5-9-15(19)21)23-25(3,4)12-20-14(18)8-6-10-16(20)22/h5-10H,11-12H2,1-4H3. The lowest BCUT2D eigenvalue weighted by molar-refractivity contribution is 0.504. The molecule has 0 amide bonds. The molecule has 0 N–H and O–H groups in total. The zero-order valence-corrected chi connectivity index (χ0v) is 18.3. The predicted molar refractivity (Wildman–Crippen MR) is 107 cm³/mol. The summed E-state index contributed by atoms with van der Waals surface area (Å²) in [6, 6.07) is 9.64. The summed E-state index contributed by atoms with van der Waals surface area (Å²) in [6.07, 6.45) is 0.915. The third kappa shape index (κ3) is 5.42. The van der Waals surface area contributed by atoms with Crippen LogP contribution >= 0.6 is 23.2 Å². The van der Waals surface area contributed by atoms with Crippen molar-refractivity contribution in [1.82, 2.24) is 9.13 Å². The van der Waals surface area contributed by atoms with Gasteiger partial charge >= 0.3 is 0 Å². The highest BCUT2D eigenvalue weighted by Gasteiger charge is 2.35. The Morgan fingerprint density at radius 2 is 1.16 bits per heavy atom. The van der Waals surface area contributed by atoms with Crippen molar-refractivity contribution in [2.24, 2.45) is 0 Å². The van der Waals surface area contributed by atoms with E-state index in [0.717, 1.165) is 0 Å². The van der Waals surface area contributed by atoms with Crippen LogP contribution in [0, 0.1) is 0 Å². The van der Waals surface area contributed by atoms with Crippen LogP contribution in [0.15, 0.2) is 46.0 Å². The third-order valence-corrected chi connectivity index (χ3v) is 10.9. The van der Waals surface area contributed by atoms with E-state index in [1.54, 1.807) is 33.4 Å². The second kappa shape index (κ2) is 7.63. The van der Waals surface area contributed by atoms with Gasteiger partial charge < -0.3 is 4.12 Å². The number of halogens is 2. The molecule has 0 radical (unpaired) electrons. The molecule has 0 aliphatic carbocycles. The summed E-state index contributed by atoms with van der Waals surface area (Å²) >= 11 is 12.3. The molecule has 0 saturated heterocycles. The molecule has 0 bridgehead atoms. The molecule has 0 unspecified atom stereocenters. The number of hydrogen-bond donors (Lipinski definition) is 0. The van der Waals surface area contributed by atoms with Crippen LogP contribution in [0.25, 0.3) is 0 Å². The van der Waals surface area contributed by atoms with Gasteiger partial charge in [0, 0.05) is 24.5 Å². The first kappa shape index (κ1) is 20.2. The van der Waals surface area contributed by atoms with Crippen molar-refractivity contribution in [1.29, 1.82) is 0 Å². The zero-order valence-electron chi connectivity index (χ0n) is 14.8. The number of rotatable bonds is 6. The molecule has 0 aromatic carbocycles. The molecule has 9 heteroatoms. The molecule has 2 aromatic heterocycles. The second-order valence-electron chi connectivity index (χ2n) is 7.17. The van der Waals surface area contributed by atoms with E-state index >= 15 is 0 Å². The maximum Gasteiger partial charge on any atom is 0.251 e. The highest BCUT2D eigenvalue weighted by molar-refractivity contribution is 6.83. The summed E-state index contributed by atoms with van der Waals surface area (Å²) in [5.41, 5.74) is -0.281. The van der Waals surface area contributed by atoms with Gasteiger partial charge in [-0.05, 0) is 38.3 Å². The maximum atomic E-state index is 12.1. The van der Waals surface area contributed by atoms with Gasteiger partial charge in [-0.15, -0.1) is 0 Å². The number of nitrogens with zero attached hydrogens (tertiary/aromatic N) is 2. The molecule has 0 fully saturated rings. The van der Waals surface area contributed by atoms with Gasteiger partial charge in [-0.2, -0.15) is 0 Å². The Hall–Kier alpha value is -1.13. The molecule has 2 rings (SSSR count). The molecule has 0 saturated carbocycles. The van der Waals surface area contributed by atoms with Gasteiger partial charge in [0.2, 0.25) is 0 Å².